The SMILES string of the molecule is Cc1cc(C)cc(NC(=O)COc2cccc3c2CCC3=O)c1. The predicted octanol–water partition coefficient (Wildman–Crippen LogP) is 3.45. The number of fused-ring (bicyclic) bond motifs is 1. The number of rotatable bonds is 4. The molecule has 0 heterocycles. The Balaban J connectivity index is 1.65. The Labute approximate surface area is 135 Å². The molecule has 4 heteroatoms. The fourth-order valence-corrected chi connectivity index (χ4v) is 2.98. The molecule has 4 nitrogen and oxygen atoms in total. The van der Waals surface area contributed by atoms with E-state index in [-0.39, 0.29) is 18.3 Å². The van der Waals surface area contributed by atoms with Gasteiger partial charge < -0.3 is 10.1 Å². The summed E-state index contributed by atoms with van der Waals surface area (Å²) in [5.41, 5.74) is 4.60. The molecule has 1 aliphatic carbocycles. The maximum atomic E-state index is 12.1. The maximum Gasteiger partial charge on any atom is 0.262 e. The van der Waals surface area contributed by atoms with Gasteiger partial charge in [-0.2, -0.15) is 0 Å². The zero-order valence-corrected chi connectivity index (χ0v) is 13.3. The minimum absolute atomic E-state index is 0.0718. The standard InChI is InChI=1S/C19H19NO3/c1-12-8-13(2)10-14(9-12)20-19(22)11-23-18-5-3-4-15-16(18)6-7-17(15)21/h3-5,8-10H,6-7,11H2,1-2H3,(H,20,22). The summed E-state index contributed by atoms with van der Waals surface area (Å²) in [7, 11) is 0. The fraction of sp³-hybridized carbons (Fsp3) is 0.263. The molecule has 0 aliphatic heterocycles. The van der Waals surface area contributed by atoms with Gasteiger partial charge in [-0.15, -0.1) is 0 Å². The number of benzene rings is 2. The third-order valence-corrected chi connectivity index (χ3v) is 3.90. The molecule has 0 aromatic heterocycles. The van der Waals surface area contributed by atoms with E-state index >= 15 is 0 Å². The van der Waals surface area contributed by atoms with Gasteiger partial charge in [0.15, 0.2) is 12.4 Å². The first-order chi connectivity index (χ1) is 11.0. The van der Waals surface area contributed by atoms with Crippen LogP contribution in [0.3, 0.4) is 0 Å². The number of anilines is 1. The molecule has 0 radical (unpaired) electrons. The molecule has 1 amide bonds. The third-order valence-electron chi connectivity index (χ3n) is 3.90. The molecule has 3 rings (SSSR count). The van der Waals surface area contributed by atoms with Gasteiger partial charge in [0, 0.05) is 23.2 Å². The smallest absolute Gasteiger partial charge is 0.262 e. The van der Waals surface area contributed by atoms with Crippen LogP contribution >= 0.6 is 0 Å². The van der Waals surface area contributed by atoms with Crippen molar-refractivity contribution >= 4 is 17.4 Å². The number of carbonyl (C=O) groups is 2. The highest BCUT2D eigenvalue weighted by Gasteiger charge is 2.22. The van der Waals surface area contributed by atoms with Crippen LogP contribution in [0.15, 0.2) is 36.4 Å². The number of ketones is 1. The van der Waals surface area contributed by atoms with Crippen molar-refractivity contribution in [2.75, 3.05) is 11.9 Å². The van der Waals surface area contributed by atoms with Crippen LogP contribution in [0.2, 0.25) is 0 Å². The molecular weight excluding hydrogens is 290 g/mol. The summed E-state index contributed by atoms with van der Waals surface area (Å²) in [5.74, 6) is 0.561. The lowest BCUT2D eigenvalue weighted by molar-refractivity contribution is -0.118. The molecule has 2 aromatic rings. The number of amides is 1. The minimum Gasteiger partial charge on any atom is -0.483 e. The number of nitrogens with one attached hydrogen (secondary N) is 1. The molecule has 0 saturated heterocycles. The van der Waals surface area contributed by atoms with E-state index in [9.17, 15) is 9.59 Å². The Hall–Kier alpha value is -2.62. The van der Waals surface area contributed by atoms with Crippen LogP contribution in [-0.2, 0) is 11.2 Å². The first-order valence-electron chi connectivity index (χ1n) is 7.69. The number of hydrogen-bond donors (Lipinski definition) is 1. The number of hydrogen-bond acceptors (Lipinski definition) is 3. The Morgan fingerprint density at radius 1 is 1.13 bits per heavy atom. The number of ether oxygens (including phenoxy) is 1. The van der Waals surface area contributed by atoms with Gasteiger partial charge in [-0.25, -0.2) is 0 Å². The van der Waals surface area contributed by atoms with Crippen molar-refractivity contribution in [2.45, 2.75) is 26.7 Å². The van der Waals surface area contributed by atoms with Gasteiger partial charge in [0.1, 0.15) is 5.75 Å². The maximum absolute atomic E-state index is 12.1. The summed E-state index contributed by atoms with van der Waals surface area (Å²) in [6, 6.07) is 11.3. The van der Waals surface area contributed by atoms with E-state index in [1.165, 1.54) is 0 Å². The molecule has 118 valence electrons. The van der Waals surface area contributed by atoms with Crippen LogP contribution < -0.4 is 10.1 Å². The van der Waals surface area contributed by atoms with Gasteiger partial charge >= 0.3 is 0 Å². The Morgan fingerprint density at radius 3 is 2.61 bits per heavy atom. The lowest BCUT2D eigenvalue weighted by Crippen LogP contribution is -2.20. The second kappa shape index (κ2) is 6.24. The van der Waals surface area contributed by atoms with Crippen LogP contribution in [0.1, 0.15) is 33.5 Å². The van der Waals surface area contributed by atoms with Gasteiger partial charge in [0.2, 0.25) is 0 Å². The van der Waals surface area contributed by atoms with E-state index in [1.807, 2.05) is 38.1 Å². The molecule has 1 N–H and O–H groups in total. The summed E-state index contributed by atoms with van der Waals surface area (Å²) >= 11 is 0. The minimum atomic E-state index is -0.211. The molecule has 0 atom stereocenters. The lowest BCUT2D eigenvalue weighted by Gasteiger charge is -2.11. The van der Waals surface area contributed by atoms with Crippen LogP contribution in [-0.4, -0.2) is 18.3 Å². The molecular formula is C19H19NO3. The van der Waals surface area contributed by atoms with E-state index in [0.717, 1.165) is 27.9 Å². The molecule has 1 aliphatic rings. The number of Topliss-reactive ketones (excluding diaryl/α,β-unsaturated/α-hetero) is 1. The van der Waals surface area contributed by atoms with Crippen molar-refractivity contribution in [1.29, 1.82) is 0 Å². The van der Waals surface area contributed by atoms with Crippen molar-refractivity contribution in [2.24, 2.45) is 0 Å². The van der Waals surface area contributed by atoms with E-state index in [2.05, 4.69) is 11.4 Å². The normalized spacial score (nSPS) is 12.9. The third kappa shape index (κ3) is 3.42. The summed E-state index contributed by atoms with van der Waals surface area (Å²) in [5, 5.41) is 2.84. The average Bonchev–Trinajstić information content (AvgIpc) is 2.86. The topological polar surface area (TPSA) is 55.4 Å². The lowest BCUT2D eigenvalue weighted by atomic mass is 10.1. The second-order valence-corrected chi connectivity index (χ2v) is 5.92. The quantitative estimate of drug-likeness (QED) is 0.941. The summed E-state index contributed by atoms with van der Waals surface area (Å²) in [4.78, 5) is 23.8. The summed E-state index contributed by atoms with van der Waals surface area (Å²) < 4.78 is 5.63. The largest absolute Gasteiger partial charge is 0.483 e. The highest BCUT2D eigenvalue weighted by Crippen LogP contribution is 2.30. The molecule has 0 unspecified atom stereocenters. The van der Waals surface area contributed by atoms with Crippen molar-refractivity contribution in [1.82, 2.24) is 0 Å². The van der Waals surface area contributed by atoms with Crippen molar-refractivity contribution < 1.29 is 14.3 Å². The molecule has 0 spiro atoms. The molecule has 0 saturated carbocycles. The predicted molar refractivity (Wildman–Crippen MR) is 89.1 cm³/mol. The van der Waals surface area contributed by atoms with E-state index in [1.54, 1.807) is 6.07 Å². The van der Waals surface area contributed by atoms with Gasteiger partial charge in [0.05, 0.1) is 0 Å². The van der Waals surface area contributed by atoms with Crippen molar-refractivity contribution in [3.63, 3.8) is 0 Å². The molecule has 2 aromatic carbocycles. The average molecular weight is 309 g/mol. The number of carbonyl (C=O) groups excluding carboxylic acids is 2. The fourth-order valence-electron chi connectivity index (χ4n) is 2.98. The number of aryl methyl sites for hydroxylation is 2. The summed E-state index contributed by atoms with van der Waals surface area (Å²) in [6.45, 7) is 3.91. The first-order valence-corrected chi connectivity index (χ1v) is 7.69. The zero-order chi connectivity index (χ0) is 16.4. The highest BCUT2D eigenvalue weighted by molar-refractivity contribution is 6.01. The van der Waals surface area contributed by atoms with Crippen LogP contribution in [0.4, 0.5) is 5.69 Å². The van der Waals surface area contributed by atoms with Crippen LogP contribution in [0.25, 0.3) is 0 Å². The van der Waals surface area contributed by atoms with Crippen LogP contribution in [0.5, 0.6) is 5.75 Å². The zero-order valence-electron chi connectivity index (χ0n) is 13.3. The second-order valence-electron chi connectivity index (χ2n) is 5.92. The van der Waals surface area contributed by atoms with Gasteiger partial charge in [0.25, 0.3) is 5.91 Å². The first kappa shape index (κ1) is 15.3. The van der Waals surface area contributed by atoms with E-state index < -0.39 is 0 Å². The van der Waals surface area contributed by atoms with E-state index in [0.29, 0.717) is 18.6 Å². The van der Waals surface area contributed by atoms with Crippen molar-refractivity contribution in [3.8, 4) is 5.75 Å². The summed E-state index contributed by atoms with van der Waals surface area (Å²) in [6.07, 6.45) is 1.20. The Morgan fingerprint density at radius 2 is 1.87 bits per heavy atom. The Kier molecular flexibility index (Phi) is 4.15. The van der Waals surface area contributed by atoms with Gasteiger partial charge in [-0.05, 0) is 49.6 Å². The van der Waals surface area contributed by atoms with Gasteiger partial charge in [-0.1, -0.05) is 18.2 Å². The molecule has 0 bridgehead atoms. The van der Waals surface area contributed by atoms with Crippen molar-refractivity contribution in [3.05, 3.63) is 58.7 Å². The monoisotopic (exact) mass is 309 g/mol. The van der Waals surface area contributed by atoms with Crippen LogP contribution in [0, 0.1) is 13.8 Å². The highest BCUT2D eigenvalue weighted by atomic mass is 16.5. The van der Waals surface area contributed by atoms with E-state index in [4.69, 9.17) is 4.74 Å². The molecule has 23 heavy (non-hydrogen) atoms. The van der Waals surface area contributed by atoms with Gasteiger partial charge in [-0.3, -0.25) is 9.59 Å². The molecule has 0 fully saturated rings. The Bertz CT molecular complexity index is 760.